The zero-order valence-corrected chi connectivity index (χ0v) is 15.1. The molecule has 0 spiro atoms. The molecule has 2 heterocycles. The summed E-state index contributed by atoms with van der Waals surface area (Å²) in [5.74, 6) is 0. The summed E-state index contributed by atoms with van der Waals surface area (Å²) in [5.41, 5.74) is 1.38. The van der Waals surface area contributed by atoms with E-state index >= 15 is 0 Å². The number of likely N-dealkylation sites (tertiary alicyclic amines) is 2. The Morgan fingerprint density at radius 1 is 1.09 bits per heavy atom. The van der Waals surface area contributed by atoms with Crippen molar-refractivity contribution in [3.05, 3.63) is 34.9 Å². The Bertz CT molecular complexity index is 485. The lowest BCUT2D eigenvalue weighted by Crippen LogP contribution is -2.53. The van der Waals surface area contributed by atoms with Gasteiger partial charge < -0.3 is 9.64 Å². The minimum atomic E-state index is 0.412. The summed E-state index contributed by atoms with van der Waals surface area (Å²) in [6.07, 6.45) is 6.42. The zero-order chi connectivity index (χ0) is 16.2. The minimum absolute atomic E-state index is 0.412. The smallest absolute Gasteiger partial charge is 0.0598 e. The summed E-state index contributed by atoms with van der Waals surface area (Å²) in [5, 5.41) is 0.819. The van der Waals surface area contributed by atoms with E-state index in [0.29, 0.717) is 12.1 Å². The Hall–Kier alpha value is -0.610. The van der Waals surface area contributed by atoms with Crippen LogP contribution in [0.25, 0.3) is 0 Å². The molecule has 2 saturated heterocycles. The van der Waals surface area contributed by atoms with E-state index in [9.17, 15) is 0 Å². The summed E-state index contributed by atoms with van der Waals surface area (Å²) in [4.78, 5) is 5.23. The van der Waals surface area contributed by atoms with Crippen LogP contribution in [0.4, 0.5) is 0 Å². The molecule has 0 radical (unpaired) electrons. The predicted octanol–water partition coefficient (Wildman–Crippen LogP) is 3.46. The highest BCUT2D eigenvalue weighted by molar-refractivity contribution is 6.30. The van der Waals surface area contributed by atoms with Crippen LogP contribution in [0.2, 0.25) is 5.02 Å². The molecule has 3 nitrogen and oxygen atoms in total. The van der Waals surface area contributed by atoms with Crippen molar-refractivity contribution in [2.45, 2.75) is 50.3 Å². The van der Waals surface area contributed by atoms with Gasteiger partial charge in [0.2, 0.25) is 0 Å². The van der Waals surface area contributed by atoms with E-state index in [0.717, 1.165) is 23.9 Å². The van der Waals surface area contributed by atoms with Crippen molar-refractivity contribution >= 4 is 11.6 Å². The first-order valence-corrected chi connectivity index (χ1v) is 9.25. The Kier molecular flexibility index (Phi) is 5.97. The third-order valence-electron chi connectivity index (χ3n) is 5.59. The molecule has 0 saturated carbocycles. The van der Waals surface area contributed by atoms with Crippen LogP contribution in [0.15, 0.2) is 24.3 Å². The zero-order valence-electron chi connectivity index (χ0n) is 14.4. The number of piperidine rings is 2. The van der Waals surface area contributed by atoms with Gasteiger partial charge in [0, 0.05) is 30.8 Å². The van der Waals surface area contributed by atoms with E-state index in [2.05, 4.69) is 29.0 Å². The van der Waals surface area contributed by atoms with Crippen LogP contribution < -0.4 is 0 Å². The molecule has 0 aliphatic carbocycles. The fraction of sp³-hybridized carbons (Fsp3) is 0.684. The SMILES string of the molecule is CO[C@@H]1CCN(C2CCN(C)CC2)[C@@H](Cc2ccc(Cl)cc2)C1. The number of hydrogen-bond donors (Lipinski definition) is 0. The van der Waals surface area contributed by atoms with Gasteiger partial charge >= 0.3 is 0 Å². The number of halogens is 1. The normalized spacial score (nSPS) is 28.1. The van der Waals surface area contributed by atoms with Crippen molar-refractivity contribution < 1.29 is 4.74 Å². The molecule has 2 aliphatic rings. The van der Waals surface area contributed by atoms with Crippen molar-refractivity contribution in [3.8, 4) is 0 Å². The maximum absolute atomic E-state index is 6.03. The van der Waals surface area contributed by atoms with Crippen LogP contribution in [-0.2, 0) is 11.2 Å². The van der Waals surface area contributed by atoms with Crippen molar-refractivity contribution in [2.24, 2.45) is 0 Å². The summed E-state index contributed by atoms with van der Waals surface area (Å²) in [7, 11) is 4.09. The molecule has 1 aromatic rings. The maximum atomic E-state index is 6.03. The standard InChI is InChI=1S/C19H29ClN2O/c1-21-10-7-17(8-11-21)22-12-9-19(23-2)14-18(22)13-15-3-5-16(20)6-4-15/h3-6,17-19H,7-14H2,1-2H3/t18-,19+/m0/s1. The number of hydrogen-bond acceptors (Lipinski definition) is 3. The molecule has 1 aromatic carbocycles. The minimum Gasteiger partial charge on any atom is -0.381 e. The fourth-order valence-corrected chi connectivity index (χ4v) is 4.27. The number of nitrogens with zero attached hydrogens (tertiary/aromatic N) is 2. The van der Waals surface area contributed by atoms with Crippen LogP contribution in [0.5, 0.6) is 0 Å². The van der Waals surface area contributed by atoms with Gasteiger partial charge in [-0.15, -0.1) is 0 Å². The van der Waals surface area contributed by atoms with E-state index in [1.807, 2.05) is 19.2 Å². The fourth-order valence-electron chi connectivity index (χ4n) is 4.15. The highest BCUT2D eigenvalue weighted by Gasteiger charge is 2.34. The van der Waals surface area contributed by atoms with Gasteiger partial charge in [-0.1, -0.05) is 23.7 Å². The molecule has 2 fully saturated rings. The van der Waals surface area contributed by atoms with Crippen molar-refractivity contribution in [2.75, 3.05) is 33.8 Å². The van der Waals surface area contributed by atoms with Crippen molar-refractivity contribution in [1.29, 1.82) is 0 Å². The van der Waals surface area contributed by atoms with E-state index < -0.39 is 0 Å². The second kappa shape index (κ2) is 7.98. The molecule has 3 rings (SSSR count). The van der Waals surface area contributed by atoms with E-state index in [4.69, 9.17) is 16.3 Å². The monoisotopic (exact) mass is 336 g/mol. The van der Waals surface area contributed by atoms with Crippen LogP contribution in [0, 0.1) is 0 Å². The van der Waals surface area contributed by atoms with E-state index in [1.165, 1.54) is 44.5 Å². The molecule has 2 aliphatic heterocycles. The summed E-state index contributed by atoms with van der Waals surface area (Å²) in [6, 6.07) is 9.68. The maximum Gasteiger partial charge on any atom is 0.0598 e. The molecule has 0 bridgehead atoms. The van der Waals surface area contributed by atoms with Gasteiger partial charge in [0.15, 0.2) is 0 Å². The summed E-state index contributed by atoms with van der Waals surface area (Å²) in [6.45, 7) is 3.62. The van der Waals surface area contributed by atoms with Gasteiger partial charge in [0.25, 0.3) is 0 Å². The van der Waals surface area contributed by atoms with E-state index in [-0.39, 0.29) is 0 Å². The molecule has 0 N–H and O–H groups in total. The largest absolute Gasteiger partial charge is 0.381 e. The second-order valence-corrected chi connectivity index (χ2v) is 7.58. The molecule has 128 valence electrons. The molecule has 4 heteroatoms. The summed E-state index contributed by atoms with van der Waals surface area (Å²) >= 11 is 6.03. The summed E-state index contributed by atoms with van der Waals surface area (Å²) < 4.78 is 5.67. The Morgan fingerprint density at radius 3 is 2.43 bits per heavy atom. The van der Waals surface area contributed by atoms with Crippen LogP contribution in [-0.4, -0.2) is 61.8 Å². The molecule has 2 atom stereocenters. The first-order valence-electron chi connectivity index (χ1n) is 8.87. The molecular weight excluding hydrogens is 308 g/mol. The van der Waals surface area contributed by atoms with Crippen LogP contribution in [0.3, 0.4) is 0 Å². The van der Waals surface area contributed by atoms with E-state index in [1.54, 1.807) is 0 Å². The van der Waals surface area contributed by atoms with Gasteiger partial charge in [-0.25, -0.2) is 0 Å². The Labute approximate surface area is 145 Å². The van der Waals surface area contributed by atoms with Gasteiger partial charge in [0.1, 0.15) is 0 Å². The third-order valence-corrected chi connectivity index (χ3v) is 5.84. The second-order valence-electron chi connectivity index (χ2n) is 7.14. The quantitative estimate of drug-likeness (QED) is 0.837. The Balaban J connectivity index is 1.69. The molecule has 0 amide bonds. The van der Waals surface area contributed by atoms with Gasteiger partial charge in [0.05, 0.1) is 6.10 Å². The van der Waals surface area contributed by atoms with Gasteiger partial charge in [-0.05, 0) is 69.9 Å². The highest BCUT2D eigenvalue weighted by atomic mass is 35.5. The van der Waals surface area contributed by atoms with Crippen molar-refractivity contribution in [3.63, 3.8) is 0 Å². The number of rotatable bonds is 4. The lowest BCUT2D eigenvalue weighted by molar-refractivity contribution is -0.0178. The average Bonchev–Trinajstić information content (AvgIpc) is 2.58. The third kappa shape index (κ3) is 4.48. The lowest BCUT2D eigenvalue weighted by atomic mass is 9.90. The topological polar surface area (TPSA) is 15.7 Å². The average molecular weight is 337 g/mol. The molecule has 23 heavy (non-hydrogen) atoms. The molecule has 0 unspecified atom stereocenters. The highest BCUT2D eigenvalue weighted by Crippen LogP contribution is 2.28. The van der Waals surface area contributed by atoms with Gasteiger partial charge in [-0.2, -0.15) is 0 Å². The number of benzene rings is 1. The predicted molar refractivity (Wildman–Crippen MR) is 96.2 cm³/mol. The van der Waals surface area contributed by atoms with Crippen LogP contribution in [0.1, 0.15) is 31.2 Å². The van der Waals surface area contributed by atoms with Gasteiger partial charge in [-0.3, -0.25) is 4.90 Å². The lowest BCUT2D eigenvalue weighted by Gasteiger charge is -2.46. The van der Waals surface area contributed by atoms with Crippen LogP contribution >= 0.6 is 11.6 Å². The number of ether oxygens (including phenoxy) is 1. The molecule has 0 aromatic heterocycles. The first-order chi connectivity index (χ1) is 11.2. The van der Waals surface area contributed by atoms with Crippen molar-refractivity contribution in [1.82, 2.24) is 9.80 Å². The molecular formula is C19H29ClN2O. The Morgan fingerprint density at radius 2 is 1.78 bits per heavy atom. The number of methoxy groups -OCH3 is 1. The first kappa shape index (κ1) is 17.2.